The fourth-order valence-electron chi connectivity index (χ4n) is 2.37. The van der Waals surface area contributed by atoms with E-state index < -0.39 is 6.10 Å². The zero-order chi connectivity index (χ0) is 12.5. The van der Waals surface area contributed by atoms with Crippen LogP contribution in [-0.2, 0) is 6.42 Å². The molecule has 2 N–H and O–H groups in total. The SMILES string of the molecule is O=C(N[C@H]1c2ccccc2C[C@H]1O)c1cccs1. The third kappa shape index (κ3) is 1.94. The van der Waals surface area contributed by atoms with Crippen LogP contribution in [-0.4, -0.2) is 17.1 Å². The van der Waals surface area contributed by atoms with Gasteiger partial charge in [0, 0.05) is 6.42 Å². The topological polar surface area (TPSA) is 49.3 Å². The first-order valence-electron chi connectivity index (χ1n) is 5.86. The Labute approximate surface area is 109 Å². The van der Waals surface area contributed by atoms with Gasteiger partial charge in [0.2, 0.25) is 0 Å². The predicted octanol–water partition coefficient (Wildman–Crippen LogP) is 2.14. The minimum atomic E-state index is -0.536. The van der Waals surface area contributed by atoms with E-state index >= 15 is 0 Å². The first-order chi connectivity index (χ1) is 8.75. The van der Waals surface area contributed by atoms with Gasteiger partial charge < -0.3 is 10.4 Å². The number of aliphatic hydroxyl groups is 1. The Morgan fingerprint density at radius 2 is 2.11 bits per heavy atom. The van der Waals surface area contributed by atoms with Gasteiger partial charge in [-0.3, -0.25) is 4.79 Å². The van der Waals surface area contributed by atoms with E-state index in [1.54, 1.807) is 6.07 Å². The van der Waals surface area contributed by atoms with Gasteiger partial charge in [-0.15, -0.1) is 11.3 Å². The number of amides is 1. The van der Waals surface area contributed by atoms with Crippen molar-refractivity contribution in [3.8, 4) is 0 Å². The number of rotatable bonds is 2. The quantitative estimate of drug-likeness (QED) is 0.868. The van der Waals surface area contributed by atoms with Gasteiger partial charge in [0.15, 0.2) is 0 Å². The van der Waals surface area contributed by atoms with Crippen LogP contribution >= 0.6 is 11.3 Å². The lowest BCUT2D eigenvalue weighted by Crippen LogP contribution is -2.33. The first kappa shape index (κ1) is 11.4. The molecular formula is C14H13NO2S. The molecule has 4 heteroatoms. The van der Waals surface area contributed by atoms with E-state index in [-0.39, 0.29) is 11.9 Å². The van der Waals surface area contributed by atoms with E-state index in [1.165, 1.54) is 11.3 Å². The maximum Gasteiger partial charge on any atom is 0.261 e. The standard InChI is InChI=1S/C14H13NO2S/c16-11-8-9-4-1-2-5-10(9)13(11)15-14(17)12-6-3-7-18-12/h1-7,11,13,16H,8H2,(H,15,17)/t11-,13+/m1/s1. The Kier molecular flexibility index (Phi) is 2.89. The van der Waals surface area contributed by atoms with Crippen molar-refractivity contribution >= 4 is 17.2 Å². The van der Waals surface area contributed by atoms with Crippen LogP contribution in [0.15, 0.2) is 41.8 Å². The highest BCUT2D eigenvalue weighted by atomic mass is 32.1. The van der Waals surface area contributed by atoms with E-state index in [9.17, 15) is 9.90 Å². The summed E-state index contributed by atoms with van der Waals surface area (Å²) in [6.45, 7) is 0. The first-order valence-corrected chi connectivity index (χ1v) is 6.74. The summed E-state index contributed by atoms with van der Waals surface area (Å²) >= 11 is 1.40. The van der Waals surface area contributed by atoms with Crippen molar-refractivity contribution in [1.82, 2.24) is 5.32 Å². The summed E-state index contributed by atoms with van der Waals surface area (Å²) in [6.07, 6.45) is 0.0669. The van der Waals surface area contributed by atoms with Crippen molar-refractivity contribution in [2.45, 2.75) is 18.6 Å². The molecule has 0 saturated carbocycles. The Bertz CT molecular complexity index is 565. The molecule has 18 heavy (non-hydrogen) atoms. The molecule has 0 aliphatic heterocycles. The molecule has 1 aromatic carbocycles. The molecule has 92 valence electrons. The highest BCUT2D eigenvalue weighted by molar-refractivity contribution is 7.12. The molecule has 0 unspecified atom stereocenters. The van der Waals surface area contributed by atoms with E-state index in [0.717, 1.165) is 11.1 Å². The van der Waals surface area contributed by atoms with Crippen molar-refractivity contribution < 1.29 is 9.90 Å². The second kappa shape index (κ2) is 4.55. The predicted molar refractivity (Wildman–Crippen MR) is 70.7 cm³/mol. The van der Waals surface area contributed by atoms with Crippen molar-refractivity contribution in [1.29, 1.82) is 0 Å². The minimum absolute atomic E-state index is 0.120. The number of benzene rings is 1. The molecular weight excluding hydrogens is 246 g/mol. The summed E-state index contributed by atoms with van der Waals surface area (Å²) in [7, 11) is 0. The second-order valence-electron chi connectivity index (χ2n) is 4.40. The highest BCUT2D eigenvalue weighted by Gasteiger charge is 2.32. The third-order valence-corrected chi connectivity index (χ3v) is 4.10. The van der Waals surface area contributed by atoms with Gasteiger partial charge in [-0.05, 0) is 22.6 Å². The van der Waals surface area contributed by atoms with Crippen molar-refractivity contribution in [2.75, 3.05) is 0 Å². The average Bonchev–Trinajstić information content (AvgIpc) is 2.98. The fraction of sp³-hybridized carbons (Fsp3) is 0.214. The molecule has 0 spiro atoms. The summed E-state index contributed by atoms with van der Waals surface area (Å²) in [5, 5.41) is 14.8. The number of carbonyl (C=O) groups is 1. The highest BCUT2D eigenvalue weighted by Crippen LogP contribution is 2.31. The van der Waals surface area contributed by atoms with Gasteiger partial charge in [0.1, 0.15) is 0 Å². The van der Waals surface area contributed by atoms with Gasteiger partial charge in [-0.25, -0.2) is 0 Å². The molecule has 0 radical (unpaired) electrons. The monoisotopic (exact) mass is 259 g/mol. The van der Waals surface area contributed by atoms with Gasteiger partial charge in [-0.2, -0.15) is 0 Å². The maximum atomic E-state index is 12.0. The maximum absolute atomic E-state index is 12.0. The zero-order valence-electron chi connectivity index (χ0n) is 9.67. The number of hydrogen-bond donors (Lipinski definition) is 2. The van der Waals surface area contributed by atoms with Crippen LogP contribution in [0.25, 0.3) is 0 Å². The smallest absolute Gasteiger partial charge is 0.261 e. The zero-order valence-corrected chi connectivity index (χ0v) is 10.5. The molecule has 0 fully saturated rings. The average molecular weight is 259 g/mol. The van der Waals surface area contributed by atoms with Crippen molar-refractivity contribution in [3.63, 3.8) is 0 Å². The molecule has 1 aromatic heterocycles. The van der Waals surface area contributed by atoms with Crippen LogP contribution < -0.4 is 5.32 Å². The molecule has 1 heterocycles. The van der Waals surface area contributed by atoms with E-state index in [2.05, 4.69) is 5.32 Å². The largest absolute Gasteiger partial charge is 0.390 e. The number of carbonyl (C=O) groups excluding carboxylic acids is 1. The third-order valence-electron chi connectivity index (χ3n) is 3.24. The number of aliphatic hydroxyl groups excluding tert-OH is 1. The molecule has 1 aliphatic rings. The normalized spacial score (nSPS) is 21.6. The second-order valence-corrected chi connectivity index (χ2v) is 5.35. The molecule has 0 saturated heterocycles. The minimum Gasteiger partial charge on any atom is -0.390 e. The molecule has 1 aliphatic carbocycles. The van der Waals surface area contributed by atoms with Crippen LogP contribution in [0.4, 0.5) is 0 Å². The van der Waals surface area contributed by atoms with Crippen LogP contribution in [0.2, 0.25) is 0 Å². The van der Waals surface area contributed by atoms with Crippen LogP contribution in [0.3, 0.4) is 0 Å². The Morgan fingerprint density at radius 1 is 1.28 bits per heavy atom. The van der Waals surface area contributed by atoms with Gasteiger partial charge in [0.05, 0.1) is 17.0 Å². The summed E-state index contributed by atoms with van der Waals surface area (Å²) < 4.78 is 0. The lowest BCUT2D eigenvalue weighted by atomic mass is 10.1. The summed E-state index contributed by atoms with van der Waals surface area (Å²) in [6, 6.07) is 11.2. The number of hydrogen-bond acceptors (Lipinski definition) is 3. The van der Waals surface area contributed by atoms with Crippen LogP contribution in [0, 0.1) is 0 Å². The molecule has 2 aromatic rings. The van der Waals surface area contributed by atoms with E-state index in [4.69, 9.17) is 0 Å². The lowest BCUT2D eigenvalue weighted by molar-refractivity contribution is 0.0862. The molecule has 3 rings (SSSR count). The fourth-order valence-corrected chi connectivity index (χ4v) is 2.99. The van der Waals surface area contributed by atoms with Gasteiger partial charge in [0.25, 0.3) is 5.91 Å². The van der Waals surface area contributed by atoms with Crippen molar-refractivity contribution in [3.05, 3.63) is 57.8 Å². The van der Waals surface area contributed by atoms with Gasteiger partial charge >= 0.3 is 0 Å². The Hall–Kier alpha value is -1.65. The van der Waals surface area contributed by atoms with Crippen LogP contribution in [0.5, 0.6) is 0 Å². The molecule has 1 amide bonds. The number of nitrogens with one attached hydrogen (secondary N) is 1. The Morgan fingerprint density at radius 3 is 2.89 bits per heavy atom. The number of fused-ring (bicyclic) bond motifs is 1. The summed E-state index contributed by atoms with van der Waals surface area (Å²) in [5.74, 6) is -0.120. The number of thiophene rings is 1. The van der Waals surface area contributed by atoms with Crippen LogP contribution in [0.1, 0.15) is 26.8 Å². The molecule has 0 bridgehead atoms. The van der Waals surface area contributed by atoms with E-state index in [0.29, 0.717) is 11.3 Å². The lowest BCUT2D eigenvalue weighted by Gasteiger charge is -2.17. The van der Waals surface area contributed by atoms with Gasteiger partial charge in [-0.1, -0.05) is 30.3 Å². The van der Waals surface area contributed by atoms with Crippen molar-refractivity contribution in [2.24, 2.45) is 0 Å². The Balaban J connectivity index is 1.83. The van der Waals surface area contributed by atoms with E-state index in [1.807, 2.05) is 35.7 Å². The summed E-state index contributed by atoms with van der Waals surface area (Å²) in [4.78, 5) is 12.7. The molecule has 2 atom stereocenters. The molecule has 3 nitrogen and oxygen atoms in total. The summed E-state index contributed by atoms with van der Waals surface area (Å²) in [5.41, 5.74) is 2.14.